The van der Waals surface area contributed by atoms with Gasteiger partial charge in [-0.05, 0) is 41.8 Å². The topological polar surface area (TPSA) is 9.23 Å². The highest BCUT2D eigenvalue weighted by Crippen LogP contribution is 2.34. The van der Waals surface area contributed by atoms with Crippen molar-refractivity contribution < 1.29 is 4.74 Å². The second-order valence-electron chi connectivity index (χ2n) is 7.83. The summed E-state index contributed by atoms with van der Waals surface area (Å²) in [6, 6.07) is 8.47. The molecule has 0 fully saturated rings. The lowest BCUT2D eigenvalue weighted by Gasteiger charge is -2.26. The molecular weight excluding hydrogens is 284 g/mol. The Labute approximate surface area is 141 Å². The maximum atomic E-state index is 5.47. The zero-order chi connectivity index (χ0) is 16.4. The molecule has 0 radical (unpaired) electrons. The Kier molecular flexibility index (Phi) is 8.85. The second-order valence-corrected chi connectivity index (χ2v) is 10.5. The summed E-state index contributed by atoms with van der Waals surface area (Å²) >= 11 is 0. The fourth-order valence-electron chi connectivity index (χ4n) is 3.39. The van der Waals surface area contributed by atoms with E-state index in [1.165, 1.54) is 60.8 Å². The van der Waals surface area contributed by atoms with E-state index in [4.69, 9.17) is 4.74 Å². The van der Waals surface area contributed by atoms with Gasteiger partial charge in [0.2, 0.25) is 0 Å². The van der Waals surface area contributed by atoms with Crippen molar-refractivity contribution in [3.63, 3.8) is 0 Å². The molecule has 0 spiro atoms. The van der Waals surface area contributed by atoms with Crippen LogP contribution in [0.1, 0.15) is 71.3 Å². The van der Waals surface area contributed by atoms with Crippen LogP contribution < -0.4 is 4.74 Å². The van der Waals surface area contributed by atoms with E-state index in [1.807, 2.05) is 0 Å². The largest absolute Gasteiger partial charge is 0.496 e. The molecule has 0 amide bonds. The Balaban J connectivity index is 2.47. The van der Waals surface area contributed by atoms with Gasteiger partial charge in [-0.3, -0.25) is 0 Å². The van der Waals surface area contributed by atoms with Crippen LogP contribution in [-0.2, 0) is 6.42 Å². The van der Waals surface area contributed by atoms with E-state index in [2.05, 4.69) is 45.0 Å². The predicted molar refractivity (Wildman–Crippen MR) is 102 cm³/mol. The first-order valence-electron chi connectivity index (χ1n) is 9.08. The van der Waals surface area contributed by atoms with Gasteiger partial charge in [-0.1, -0.05) is 71.1 Å². The number of aryl methyl sites for hydroxylation is 1. The first-order chi connectivity index (χ1) is 10.5. The molecule has 0 heterocycles. The van der Waals surface area contributed by atoms with Crippen LogP contribution in [0.15, 0.2) is 24.3 Å². The molecule has 1 rings (SSSR count). The molecule has 0 N–H and O–H groups in total. The van der Waals surface area contributed by atoms with Gasteiger partial charge in [0.05, 0.1) is 7.11 Å². The van der Waals surface area contributed by atoms with Gasteiger partial charge < -0.3 is 4.74 Å². The van der Waals surface area contributed by atoms with E-state index in [0.717, 1.165) is 18.1 Å². The number of unbranched alkanes of at least 4 members (excludes halogenated alkanes) is 2. The lowest BCUT2D eigenvalue weighted by Crippen LogP contribution is -2.12. The fraction of sp³-hybridized carbons (Fsp3) is 0.700. The average molecular weight is 321 g/mol. The molecule has 126 valence electrons. The van der Waals surface area contributed by atoms with Crippen LogP contribution in [0.25, 0.3) is 0 Å². The maximum Gasteiger partial charge on any atom is 0.122 e. The number of para-hydroxylation sites is 1. The number of ether oxygens (including phenoxy) is 1. The molecule has 1 atom stereocenters. The number of methoxy groups -OCH3 is 1. The quantitative estimate of drug-likeness (QED) is 0.404. The Bertz CT molecular complexity index is 408. The summed E-state index contributed by atoms with van der Waals surface area (Å²) in [6.45, 7) is 7.17. The van der Waals surface area contributed by atoms with Gasteiger partial charge in [0.25, 0.3) is 0 Å². The number of hydrogen-bond acceptors (Lipinski definition) is 1. The first kappa shape index (κ1) is 19.3. The second kappa shape index (κ2) is 10.1. The molecule has 0 bridgehead atoms. The molecule has 22 heavy (non-hydrogen) atoms. The zero-order valence-corrected chi connectivity index (χ0v) is 17.5. The normalized spacial score (nSPS) is 13.3. The number of rotatable bonds is 11. The monoisotopic (exact) mass is 320 g/mol. The molecule has 0 saturated heterocycles. The van der Waals surface area contributed by atoms with Crippen molar-refractivity contribution >= 4 is 10.2 Å². The van der Waals surface area contributed by atoms with E-state index >= 15 is 0 Å². The van der Waals surface area contributed by atoms with Crippen LogP contribution in [0, 0.1) is 5.92 Å². The van der Waals surface area contributed by atoms with Crippen LogP contribution in [-0.4, -0.2) is 17.4 Å². The molecule has 1 nitrogen and oxygen atoms in total. The maximum absolute atomic E-state index is 5.47. The minimum atomic E-state index is 0.585. The third-order valence-corrected chi connectivity index (χ3v) is 4.78. The van der Waals surface area contributed by atoms with Gasteiger partial charge in [0.15, 0.2) is 0 Å². The Morgan fingerprint density at radius 1 is 1.09 bits per heavy atom. The first-order valence-corrected chi connectivity index (χ1v) is 10.1. The van der Waals surface area contributed by atoms with Crippen LogP contribution in [0.2, 0.25) is 5.04 Å². The summed E-state index contributed by atoms with van der Waals surface area (Å²) in [5.74, 6) is 1.96. The lowest BCUT2D eigenvalue weighted by molar-refractivity contribution is 0.352. The molecule has 2 heteroatoms. The molecule has 0 aliphatic heterocycles. The summed E-state index contributed by atoms with van der Waals surface area (Å²) < 4.78 is 5.47. The molecule has 0 saturated carbocycles. The van der Waals surface area contributed by atoms with Crippen molar-refractivity contribution in [1.29, 1.82) is 0 Å². The lowest BCUT2D eigenvalue weighted by atomic mass is 9.87. The van der Waals surface area contributed by atoms with Crippen molar-refractivity contribution in [3.8, 4) is 5.75 Å². The van der Waals surface area contributed by atoms with E-state index in [9.17, 15) is 0 Å². The molecule has 1 aromatic rings. The van der Waals surface area contributed by atoms with Gasteiger partial charge >= 0.3 is 0 Å². The van der Waals surface area contributed by atoms with E-state index < -0.39 is 0 Å². The molecule has 0 aliphatic carbocycles. The van der Waals surface area contributed by atoms with Gasteiger partial charge in [-0.2, -0.15) is 0 Å². The van der Waals surface area contributed by atoms with Crippen molar-refractivity contribution in [2.45, 2.75) is 77.2 Å². The Morgan fingerprint density at radius 3 is 2.41 bits per heavy atom. The SMILES string of the molecule is CCCCCC(CCCc1ccccc1OC)CC(C)(C)[SiH3]. The Morgan fingerprint density at radius 2 is 1.77 bits per heavy atom. The van der Waals surface area contributed by atoms with Crippen LogP contribution in [0.4, 0.5) is 0 Å². The number of hydrogen-bond donors (Lipinski definition) is 0. The van der Waals surface area contributed by atoms with Crippen molar-refractivity contribution in [3.05, 3.63) is 29.8 Å². The van der Waals surface area contributed by atoms with Gasteiger partial charge in [-0.15, -0.1) is 0 Å². The van der Waals surface area contributed by atoms with Crippen molar-refractivity contribution in [2.75, 3.05) is 7.11 Å². The van der Waals surface area contributed by atoms with Crippen molar-refractivity contribution in [2.24, 2.45) is 5.92 Å². The third-order valence-electron chi connectivity index (χ3n) is 4.37. The molecule has 0 aliphatic rings. The van der Waals surface area contributed by atoms with Crippen LogP contribution >= 0.6 is 0 Å². The summed E-state index contributed by atoms with van der Waals surface area (Å²) in [7, 11) is 3.07. The van der Waals surface area contributed by atoms with Crippen LogP contribution in [0.5, 0.6) is 5.75 Å². The van der Waals surface area contributed by atoms with E-state index in [0.29, 0.717) is 5.04 Å². The minimum Gasteiger partial charge on any atom is -0.496 e. The highest BCUT2D eigenvalue weighted by Gasteiger charge is 2.18. The van der Waals surface area contributed by atoms with Gasteiger partial charge in [0.1, 0.15) is 5.75 Å². The van der Waals surface area contributed by atoms with Crippen molar-refractivity contribution in [1.82, 2.24) is 0 Å². The van der Waals surface area contributed by atoms with Gasteiger partial charge in [0, 0.05) is 10.2 Å². The summed E-state index contributed by atoms with van der Waals surface area (Å²) in [5.41, 5.74) is 1.36. The average Bonchev–Trinajstić information content (AvgIpc) is 2.46. The molecule has 1 aromatic carbocycles. The molecular formula is C20H36OSi. The molecule has 0 aromatic heterocycles. The highest BCUT2D eigenvalue weighted by molar-refractivity contribution is 6.14. The zero-order valence-electron chi connectivity index (χ0n) is 15.5. The van der Waals surface area contributed by atoms with Crippen LogP contribution in [0.3, 0.4) is 0 Å². The summed E-state index contributed by atoms with van der Waals surface area (Å²) in [5, 5.41) is 0.585. The molecule has 1 unspecified atom stereocenters. The summed E-state index contributed by atoms with van der Waals surface area (Å²) in [4.78, 5) is 0. The standard InChI is InChI=1S/C20H36OSi/c1-5-6-7-11-17(16-20(2,3)22)12-10-14-18-13-8-9-15-19(18)21-4/h8-9,13,15,17H,5-7,10-12,14,16H2,1-4,22H3. The predicted octanol–water partition coefficient (Wildman–Crippen LogP) is 5.17. The minimum absolute atomic E-state index is 0.585. The smallest absolute Gasteiger partial charge is 0.122 e. The van der Waals surface area contributed by atoms with Gasteiger partial charge in [-0.25, -0.2) is 0 Å². The third kappa shape index (κ3) is 8.02. The van der Waals surface area contributed by atoms with E-state index in [-0.39, 0.29) is 0 Å². The summed E-state index contributed by atoms with van der Waals surface area (Å²) in [6.07, 6.45) is 10.8. The van der Waals surface area contributed by atoms with E-state index in [1.54, 1.807) is 7.11 Å². The Hall–Kier alpha value is -0.763. The highest BCUT2D eigenvalue weighted by atomic mass is 28.1. The fourth-order valence-corrected chi connectivity index (χ4v) is 3.97. The number of benzene rings is 1.